The number of phenols is 1. The SMILES string of the molecule is COc1ccc(/C(O)=C2/C(=O)C(=O)N(c3cccc(F)c3)C2c2ccc(O)cc2)cc1C(C)C. The van der Waals surface area contributed by atoms with Crippen molar-refractivity contribution in [2.45, 2.75) is 25.8 Å². The first-order valence-corrected chi connectivity index (χ1v) is 10.8. The van der Waals surface area contributed by atoms with Gasteiger partial charge in [-0.3, -0.25) is 14.5 Å². The van der Waals surface area contributed by atoms with Crippen LogP contribution in [-0.2, 0) is 9.59 Å². The quantitative estimate of drug-likeness (QED) is 0.306. The fourth-order valence-electron chi connectivity index (χ4n) is 4.19. The molecule has 0 bridgehead atoms. The van der Waals surface area contributed by atoms with Crippen LogP contribution in [-0.4, -0.2) is 29.0 Å². The van der Waals surface area contributed by atoms with Gasteiger partial charge in [-0.2, -0.15) is 0 Å². The molecule has 1 unspecified atom stereocenters. The average molecular weight is 461 g/mol. The Balaban J connectivity index is 1.95. The van der Waals surface area contributed by atoms with E-state index in [-0.39, 0.29) is 28.7 Å². The maximum atomic E-state index is 14.0. The molecule has 3 aromatic carbocycles. The van der Waals surface area contributed by atoms with E-state index in [0.29, 0.717) is 16.9 Å². The number of carbonyl (C=O) groups is 2. The largest absolute Gasteiger partial charge is 0.508 e. The van der Waals surface area contributed by atoms with E-state index in [1.165, 1.54) is 30.3 Å². The third-order valence-corrected chi connectivity index (χ3v) is 5.86. The summed E-state index contributed by atoms with van der Waals surface area (Å²) in [5.41, 5.74) is 1.70. The van der Waals surface area contributed by atoms with Crippen LogP contribution in [0.5, 0.6) is 11.5 Å². The zero-order valence-electron chi connectivity index (χ0n) is 18.9. The van der Waals surface area contributed by atoms with E-state index in [0.717, 1.165) is 16.5 Å². The van der Waals surface area contributed by atoms with E-state index in [1.807, 2.05) is 13.8 Å². The van der Waals surface area contributed by atoms with Crippen molar-refractivity contribution in [2.75, 3.05) is 12.0 Å². The van der Waals surface area contributed by atoms with Gasteiger partial charge in [-0.25, -0.2) is 4.39 Å². The van der Waals surface area contributed by atoms with Crippen molar-refractivity contribution < 1.29 is 28.9 Å². The minimum Gasteiger partial charge on any atom is -0.508 e. The average Bonchev–Trinajstić information content (AvgIpc) is 3.09. The topological polar surface area (TPSA) is 87.1 Å². The van der Waals surface area contributed by atoms with Gasteiger partial charge in [0.05, 0.1) is 18.7 Å². The van der Waals surface area contributed by atoms with Crippen LogP contribution in [0.1, 0.15) is 42.5 Å². The first-order valence-electron chi connectivity index (χ1n) is 10.8. The number of carbonyl (C=O) groups excluding carboxylic acids is 2. The summed E-state index contributed by atoms with van der Waals surface area (Å²) in [4.78, 5) is 27.5. The van der Waals surface area contributed by atoms with Crippen LogP contribution in [0.2, 0.25) is 0 Å². The number of aliphatic hydroxyl groups is 1. The molecule has 6 nitrogen and oxygen atoms in total. The third kappa shape index (κ3) is 4.01. The number of hydrogen-bond acceptors (Lipinski definition) is 5. The molecule has 3 aromatic rings. The lowest BCUT2D eigenvalue weighted by atomic mass is 9.93. The molecule has 1 heterocycles. The highest BCUT2D eigenvalue weighted by molar-refractivity contribution is 6.51. The lowest BCUT2D eigenvalue weighted by Crippen LogP contribution is -2.29. The summed E-state index contributed by atoms with van der Waals surface area (Å²) in [6, 6.07) is 15.3. The summed E-state index contributed by atoms with van der Waals surface area (Å²) >= 11 is 0. The summed E-state index contributed by atoms with van der Waals surface area (Å²) in [6.45, 7) is 3.95. The van der Waals surface area contributed by atoms with Gasteiger partial charge in [0.2, 0.25) is 0 Å². The van der Waals surface area contributed by atoms with Gasteiger partial charge in [-0.15, -0.1) is 0 Å². The van der Waals surface area contributed by atoms with Crippen molar-refractivity contribution in [1.82, 2.24) is 0 Å². The summed E-state index contributed by atoms with van der Waals surface area (Å²) in [6.07, 6.45) is 0. The van der Waals surface area contributed by atoms with Crippen LogP contribution in [0.3, 0.4) is 0 Å². The van der Waals surface area contributed by atoms with Crippen molar-refractivity contribution in [3.63, 3.8) is 0 Å². The number of rotatable bonds is 5. The number of ketones is 1. The van der Waals surface area contributed by atoms with E-state index in [2.05, 4.69) is 0 Å². The Hall–Kier alpha value is -4.13. The molecule has 1 aliphatic heterocycles. The second-order valence-electron chi connectivity index (χ2n) is 8.35. The number of methoxy groups -OCH3 is 1. The molecule has 0 aromatic heterocycles. The fourth-order valence-corrected chi connectivity index (χ4v) is 4.19. The maximum Gasteiger partial charge on any atom is 0.300 e. The number of nitrogens with zero attached hydrogens (tertiary/aromatic N) is 1. The standard InChI is InChI=1S/C27H24FNO5/c1-15(2)21-13-17(9-12-22(21)34-3)25(31)23-24(16-7-10-20(30)11-8-16)29(27(33)26(23)32)19-6-4-5-18(28)14-19/h4-15,24,30-31H,1-3H3/b25-23-. The zero-order valence-corrected chi connectivity index (χ0v) is 18.9. The van der Waals surface area contributed by atoms with Crippen LogP contribution in [0.25, 0.3) is 5.76 Å². The Labute approximate surface area is 196 Å². The summed E-state index contributed by atoms with van der Waals surface area (Å²) in [5, 5.41) is 21.0. The molecule has 7 heteroatoms. The molecule has 0 radical (unpaired) electrons. The van der Waals surface area contributed by atoms with Crippen molar-refractivity contribution in [3.8, 4) is 11.5 Å². The number of benzene rings is 3. The van der Waals surface area contributed by atoms with Gasteiger partial charge in [-0.1, -0.05) is 32.0 Å². The zero-order chi connectivity index (χ0) is 24.6. The first kappa shape index (κ1) is 23.0. The van der Waals surface area contributed by atoms with Gasteiger partial charge >= 0.3 is 0 Å². The number of halogens is 1. The summed E-state index contributed by atoms with van der Waals surface area (Å²) < 4.78 is 19.4. The number of phenolic OH excluding ortho intramolecular Hbond substituents is 1. The van der Waals surface area contributed by atoms with Crippen LogP contribution in [0.4, 0.5) is 10.1 Å². The normalized spacial score (nSPS) is 17.4. The number of ether oxygens (including phenoxy) is 1. The Bertz CT molecular complexity index is 1300. The van der Waals surface area contributed by atoms with Gasteiger partial charge in [0.15, 0.2) is 0 Å². The van der Waals surface area contributed by atoms with Gasteiger partial charge in [0.25, 0.3) is 11.7 Å². The second-order valence-corrected chi connectivity index (χ2v) is 8.35. The van der Waals surface area contributed by atoms with Crippen molar-refractivity contribution in [2.24, 2.45) is 0 Å². The highest BCUT2D eigenvalue weighted by atomic mass is 19.1. The van der Waals surface area contributed by atoms with E-state index >= 15 is 0 Å². The number of aliphatic hydroxyl groups excluding tert-OH is 1. The van der Waals surface area contributed by atoms with Crippen LogP contribution in [0.15, 0.2) is 72.3 Å². The molecule has 0 spiro atoms. The van der Waals surface area contributed by atoms with Gasteiger partial charge in [0.1, 0.15) is 23.1 Å². The Morgan fingerprint density at radius 3 is 2.35 bits per heavy atom. The molecule has 1 aliphatic rings. The lowest BCUT2D eigenvalue weighted by Gasteiger charge is -2.25. The number of aromatic hydroxyl groups is 1. The Kier molecular flexibility index (Phi) is 6.11. The predicted molar refractivity (Wildman–Crippen MR) is 126 cm³/mol. The molecule has 2 N–H and O–H groups in total. The minimum atomic E-state index is -1.02. The van der Waals surface area contributed by atoms with Crippen LogP contribution < -0.4 is 9.64 Å². The molecule has 4 rings (SSSR count). The van der Waals surface area contributed by atoms with E-state index < -0.39 is 23.5 Å². The Morgan fingerprint density at radius 1 is 1.03 bits per heavy atom. The van der Waals surface area contributed by atoms with E-state index in [4.69, 9.17) is 4.74 Å². The van der Waals surface area contributed by atoms with Crippen molar-refractivity contribution >= 4 is 23.1 Å². The van der Waals surface area contributed by atoms with E-state index in [9.17, 15) is 24.2 Å². The molecule has 1 saturated heterocycles. The first-order chi connectivity index (χ1) is 16.2. The Morgan fingerprint density at radius 2 is 1.74 bits per heavy atom. The van der Waals surface area contributed by atoms with Gasteiger partial charge < -0.3 is 14.9 Å². The highest BCUT2D eigenvalue weighted by Gasteiger charge is 2.47. The van der Waals surface area contributed by atoms with E-state index in [1.54, 1.807) is 37.4 Å². The second kappa shape index (κ2) is 9.02. The molecule has 174 valence electrons. The predicted octanol–water partition coefficient (Wildman–Crippen LogP) is 5.29. The molecule has 0 saturated carbocycles. The number of amides is 1. The molecule has 34 heavy (non-hydrogen) atoms. The maximum absolute atomic E-state index is 14.0. The highest BCUT2D eigenvalue weighted by Crippen LogP contribution is 2.43. The minimum absolute atomic E-state index is 0.00295. The number of anilines is 1. The molecule has 1 fully saturated rings. The third-order valence-electron chi connectivity index (χ3n) is 5.86. The lowest BCUT2D eigenvalue weighted by molar-refractivity contribution is -0.132. The monoisotopic (exact) mass is 461 g/mol. The number of Topliss-reactive ketones (excluding diaryl/α,β-unsaturated/α-hetero) is 1. The summed E-state index contributed by atoms with van der Waals surface area (Å²) in [5.74, 6) is -1.97. The fraction of sp³-hybridized carbons (Fsp3) is 0.185. The van der Waals surface area contributed by atoms with Gasteiger partial charge in [-0.05, 0) is 65.6 Å². The molecule has 1 atom stereocenters. The summed E-state index contributed by atoms with van der Waals surface area (Å²) in [7, 11) is 1.55. The van der Waals surface area contributed by atoms with Gasteiger partial charge in [0, 0.05) is 11.3 Å². The molecular weight excluding hydrogens is 437 g/mol. The molecule has 0 aliphatic carbocycles. The van der Waals surface area contributed by atoms with Crippen molar-refractivity contribution in [1.29, 1.82) is 0 Å². The number of hydrogen-bond donors (Lipinski definition) is 2. The molecule has 1 amide bonds. The van der Waals surface area contributed by atoms with Crippen LogP contribution >= 0.6 is 0 Å². The van der Waals surface area contributed by atoms with Crippen molar-refractivity contribution in [3.05, 3.63) is 94.8 Å². The smallest absolute Gasteiger partial charge is 0.300 e. The van der Waals surface area contributed by atoms with Crippen LogP contribution in [0, 0.1) is 5.82 Å². The molecular formula is C27H24FNO5.